The van der Waals surface area contributed by atoms with Crippen LogP contribution in [0, 0.1) is 11.8 Å². The van der Waals surface area contributed by atoms with Gasteiger partial charge in [0.1, 0.15) is 5.76 Å². The fourth-order valence-electron chi connectivity index (χ4n) is 1.90. The zero-order valence-corrected chi connectivity index (χ0v) is 11.1. The Balaban J connectivity index is 1.82. The van der Waals surface area contributed by atoms with Gasteiger partial charge in [0.15, 0.2) is 0 Å². The van der Waals surface area contributed by atoms with E-state index in [9.17, 15) is 9.59 Å². The lowest BCUT2D eigenvalue weighted by Gasteiger charge is -2.31. The van der Waals surface area contributed by atoms with Gasteiger partial charge in [0.05, 0.1) is 13.7 Å². The largest absolute Gasteiger partial charge is 0.463 e. The highest BCUT2D eigenvalue weighted by molar-refractivity contribution is 5.86. The van der Waals surface area contributed by atoms with Crippen molar-refractivity contribution in [3.05, 3.63) is 23.7 Å². The van der Waals surface area contributed by atoms with Crippen LogP contribution in [0.1, 0.15) is 23.2 Å². The van der Waals surface area contributed by atoms with Gasteiger partial charge in [-0.15, -0.1) is 0 Å². The number of carbonyl (C=O) groups is 2. The number of furan rings is 1. The number of esters is 1. The fraction of sp³-hybridized carbons (Fsp3) is 0.538. The number of ether oxygens (including phenoxy) is 1. The summed E-state index contributed by atoms with van der Waals surface area (Å²) in [5.74, 6) is 0.545. The van der Waals surface area contributed by atoms with Gasteiger partial charge >= 0.3 is 5.97 Å². The number of methoxy groups -OCH3 is 1. The van der Waals surface area contributed by atoms with Crippen LogP contribution in [-0.4, -0.2) is 32.1 Å². The summed E-state index contributed by atoms with van der Waals surface area (Å²) in [5.41, 5.74) is 0. The second-order valence-electron chi connectivity index (χ2n) is 4.68. The Morgan fingerprint density at radius 1 is 1.53 bits per heavy atom. The average molecular weight is 266 g/mol. The molecule has 1 fully saturated rings. The van der Waals surface area contributed by atoms with Crippen LogP contribution in [0.4, 0.5) is 0 Å². The molecule has 1 aliphatic heterocycles. The monoisotopic (exact) mass is 266 g/mol. The number of amides is 1. The molecule has 2 heterocycles. The van der Waals surface area contributed by atoms with Crippen molar-refractivity contribution >= 4 is 11.9 Å². The lowest BCUT2D eigenvalue weighted by atomic mass is 9.88. The molecule has 104 valence electrons. The van der Waals surface area contributed by atoms with Crippen LogP contribution < -0.4 is 10.6 Å². The van der Waals surface area contributed by atoms with Crippen molar-refractivity contribution in [3.63, 3.8) is 0 Å². The zero-order chi connectivity index (χ0) is 13.8. The molecule has 0 spiro atoms. The standard InChI is InChI=1S/C13H18N2O4/c1-8(9-5-14-6-9)12(16)15-7-10-3-4-11(19-10)13(17)18-2/h3-4,8-9,14H,5-7H2,1-2H3,(H,15,16). The minimum atomic E-state index is -0.522. The summed E-state index contributed by atoms with van der Waals surface area (Å²) in [6.45, 7) is 3.98. The van der Waals surface area contributed by atoms with Crippen molar-refractivity contribution in [1.82, 2.24) is 10.6 Å². The molecule has 1 aromatic heterocycles. The first-order valence-corrected chi connectivity index (χ1v) is 6.27. The molecule has 2 N–H and O–H groups in total. The Morgan fingerprint density at radius 3 is 2.84 bits per heavy atom. The molecule has 2 rings (SSSR count). The van der Waals surface area contributed by atoms with Gasteiger partial charge in [-0.2, -0.15) is 0 Å². The average Bonchev–Trinajstić information content (AvgIpc) is 2.81. The highest BCUT2D eigenvalue weighted by Crippen LogP contribution is 2.16. The highest BCUT2D eigenvalue weighted by Gasteiger charge is 2.28. The third-order valence-electron chi connectivity index (χ3n) is 3.42. The van der Waals surface area contributed by atoms with E-state index >= 15 is 0 Å². The molecule has 0 aliphatic carbocycles. The predicted molar refractivity (Wildman–Crippen MR) is 67.4 cm³/mol. The first-order valence-electron chi connectivity index (χ1n) is 6.27. The van der Waals surface area contributed by atoms with Crippen molar-refractivity contribution in [3.8, 4) is 0 Å². The Hall–Kier alpha value is -1.82. The normalized spacial score (nSPS) is 16.5. The lowest BCUT2D eigenvalue weighted by Crippen LogP contribution is -2.49. The third kappa shape index (κ3) is 3.14. The van der Waals surface area contributed by atoms with Crippen molar-refractivity contribution in [2.45, 2.75) is 13.5 Å². The molecule has 1 saturated heterocycles. The van der Waals surface area contributed by atoms with Crippen LogP contribution in [0.2, 0.25) is 0 Å². The van der Waals surface area contributed by atoms with Gasteiger partial charge < -0.3 is 19.8 Å². The van der Waals surface area contributed by atoms with Gasteiger partial charge in [-0.05, 0) is 31.1 Å². The second kappa shape index (κ2) is 5.88. The summed E-state index contributed by atoms with van der Waals surface area (Å²) >= 11 is 0. The molecule has 1 aliphatic rings. The number of hydrogen-bond acceptors (Lipinski definition) is 5. The Labute approximate surface area is 111 Å². The molecule has 6 nitrogen and oxygen atoms in total. The summed E-state index contributed by atoms with van der Waals surface area (Å²) in [6.07, 6.45) is 0. The maximum Gasteiger partial charge on any atom is 0.373 e. The first kappa shape index (κ1) is 13.6. The third-order valence-corrected chi connectivity index (χ3v) is 3.42. The van der Waals surface area contributed by atoms with Crippen LogP contribution in [-0.2, 0) is 16.1 Å². The summed E-state index contributed by atoms with van der Waals surface area (Å²) in [4.78, 5) is 23.1. The Morgan fingerprint density at radius 2 is 2.26 bits per heavy atom. The summed E-state index contributed by atoms with van der Waals surface area (Å²) in [7, 11) is 1.29. The molecule has 0 bridgehead atoms. The van der Waals surface area contributed by atoms with Crippen LogP contribution in [0.15, 0.2) is 16.5 Å². The molecule has 0 aromatic carbocycles. The van der Waals surface area contributed by atoms with E-state index in [1.165, 1.54) is 13.2 Å². The molecule has 1 aromatic rings. The van der Waals surface area contributed by atoms with Crippen LogP contribution in [0.3, 0.4) is 0 Å². The zero-order valence-electron chi connectivity index (χ0n) is 11.1. The van der Waals surface area contributed by atoms with E-state index in [1.54, 1.807) is 6.07 Å². The maximum atomic E-state index is 11.9. The smallest absolute Gasteiger partial charge is 0.373 e. The fourth-order valence-corrected chi connectivity index (χ4v) is 1.90. The van der Waals surface area contributed by atoms with E-state index < -0.39 is 5.97 Å². The number of hydrogen-bond donors (Lipinski definition) is 2. The van der Waals surface area contributed by atoms with Crippen LogP contribution >= 0.6 is 0 Å². The summed E-state index contributed by atoms with van der Waals surface area (Å²) < 4.78 is 9.81. The molecule has 0 radical (unpaired) electrons. The molecule has 0 saturated carbocycles. The van der Waals surface area contributed by atoms with Crippen molar-refractivity contribution in [1.29, 1.82) is 0 Å². The van der Waals surface area contributed by atoms with E-state index in [4.69, 9.17) is 4.42 Å². The Kier molecular flexibility index (Phi) is 4.21. The molecular formula is C13H18N2O4. The van der Waals surface area contributed by atoms with E-state index in [2.05, 4.69) is 15.4 Å². The predicted octanol–water partition coefficient (Wildman–Crippen LogP) is 0.538. The van der Waals surface area contributed by atoms with Gasteiger partial charge in [0.25, 0.3) is 0 Å². The lowest BCUT2D eigenvalue weighted by molar-refractivity contribution is -0.126. The molecule has 1 amide bonds. The number of rotatable bonds is 5. The van der Waals surface area contributed by atoms with Gasteiger partial charge in [-0.1, -0.05) is 6.92 Å². The maximum absolute atomic E-state index is 11.9. The van der Waals surface area contributed by atoms with E-state index in [0.717, 1.165) is 13.1 Å². The van der Waals surface area contributed by atoms with Gasteiger partial charge in [0.2, 0.25) is 11.7 Å². The molecule has 19 heavy (non-hydrogen) atoms. The first-order chi connectivity index (χ1) is 9.11. The van der Waals surface area contributed by atoms with Crippen molar-refractivity contribution in [2.24, 2.45) is 11.8 Å². The molecule has 1 unspecified atom stereocenters. The molecule has 1 atom stereocenters. The number of carbonyl (C=O) groups excluding carboxylic acids is 2. The molecular weight excluding hydrogens is 248 g/mol. The summed E-state index contributed by atoms with van der Waals surface area (Å²) in [6, 6.07) is 3.19. The quantitative estimate of drug-likeness (QED) is 0.760. The summed E-state index contributed by atoms with van der Waals surface area (Å²) in [5, 5.41) is 5.95. The minimum absolute atomic E-state index is 0.00233. The van der Waals surface area contributed by atoms with Crippen molar-refractivity contribution < 1.29 is 18.7 Å². The van der Waals surface area contributed by atoms with E-state index in [-0.39, 0.29) is 24.1 Å². The topological polar surface area (TPSA) is 80.6 Å². The second-order valence-corrected chi connectivity index (χ2v) is 4.68. The van der Waals surface area contributed by atoms with Crippen molar-refractivity contribution in [2.75, 3.05) is 20.2 Å². The highest BCUT2D eigenvalue weighted by atomic mass is 16.5. The SMILES string of the molecule is COC(=O)c1ccc(CNC(=O)C(C)C2CNC2)o1. The van der Waals surface area contributed by atoms with Gasteiger partial charge in [-0.3, -0.25) is 4.79 Å². The molecule has 6 heteroatoms. The van der Waals surface area contributed by atoms with Crippen LogP contribution in [0.25, 0.3) is 0 Å². The van der Waals surface area contributed by atoms with E-state index in [1.807, 2.05) is 6.92 Å². The minimum Gasteiger partial charge on any atom is -0.463 e. The Bertz CT molecular complexity index is 465. The van der Waals surface area contributed by atoms with E-state index in [0.29, 0.717) is 11.7 Å². The van der Waals surface area contributed by atoms with Crippen LogP contribution in [0.5, 0.6) is 0 Å². The number of nitrogens with one attached hydrogen (secondary N) is 2. The van der Waals surface area contributed by atoms with Gasteiger partial charge in [0, 0.05) is 5.92 Å². The van der Waals surface area contributed by atoms with Gasteiger partial charge in [-0.25, -0.2) is 4.79 Å².